The van der Waals surface area contributed by atoms with Crippen LogP contribution in [-0.2, 0) is 9.53 Å². The van der Waals surface area contributed by atoms with E-state index in [1.165, 1.54) is 32.1 Å². The van der Waals surface area contributed by atoms with Crippen LogP contribution in [-0.4, -0.2) is 12.6 Å². The lowest BCUT2D eigenvalue weighted by atomic mass is 9.57. The van der Waals surface area contributed by atoms with E-state index in [0.29, 0.717) is 23.7 Å². The second-order valence-electron chi connectivity index (χ2n) is 7.29. The Morgan fingerprint density at radius 3 is 2.83 bits per heavy atom. The van der Waals surface area contributed by atoms with Crippen LogP contribution < -0.4 is 0 Å². The van der Waals surface area contributed by atoms with E-state index in [0.717, 1.165) is 18.4 Å². The molecule has 2 heteroatoms. The van der Waals surface area contributed by atoms with Gasteiger partial charge in [-0.2, -0.15) is 0 Å². The predicted octanol–water partition coefficient (Wildman–Crippen LogP) is 2.79. The fourth-order valence-corrected chi connectivity index (χ4v) is 6.45. The molecule has 1 saturated heterocycles. The van der Waals surface area contributed by atoms with Crippen LogP contribution in [0.2, 0.25) is 0 Å². The third-order valence-corrected chi connectivity index (χ3v) is 6.97. The molecule has 0 N–H and O–H groups in total. The normalized spacial score (nSPS) is 59.4. The van der Waals surface area contributed by atoms with Crippen molar-refractivity contribution >= 4 is 5.97 Å². The summed E-state index contributed by atoms with van der Waals surface area (Å²) in [6.07, 6.45) is 11.3. The van der Waals surface area contributed by atoms with E-state index in [4.69, 9.17) is 4.74 Å². The van der Waals surface area contributed by atoms with Crippen molar-refractivity contribution in [3.63, 3.8) is 0 Å². The lowest BCUT2D eigenvalue weighted by molar-refractivity contribution is -0.153. The van der Waals surface area contributed by atoms with E-state index in [9.17, 15) is 4.79 Å². The highest BCUT2D eigenvalue weighted by molar-refractivity contribution is 5.81. The Bertz CT molecular complexity index is 454. The van der Waals surface area contributed by atoms with E-state index >= 15 is 0 Å². The standard InChI is InChI=1S/C16H20O2/c17-15-16(13-6-9-1-2-10(13)5-9)12-4-3-11(7-12)14(16)8-18-15/h1-2,9-14H,3-8H2. The lowest BCUT2D eigenvalue weighted by Crippen LogP contribution is -2.46. The van der Waals surface area contributed by atoms with Crippen LogP contribution in [0.15, 0.2) is 12.2 Å². The number of allylic oxidation sites excluding steroid dienone is 2. The van der Waals surface area contributed by atoms with Gasteiger partial charge in [-0.05, 0) is 61.7 Å². The maximum Gasteiger partial charge on any atom is 0.313 e. The number of esters is 1. The van der Waals surface area contributed by atoms with Crippen molar-refractivity contribution < 1.29 is 9.53 Å². The van der Waals surface area contributed by atoms with Gasteiger partial charge < -0.3 is 4.74 Å². The van der Waals surface area contributed by atoms with E-state index in [2.05, 4.69) is 12.2 Å². The second-order valence-corrected chi connectivity index (χ2v) is 7.29. The first-order chi connectivity index (χ1) is 8.80. The molecule has 0 aromatic heterocycles. The number of fused-ring (bicyclic) bond motifs is 7. The molecular formula is C16H20O2. The van der Waals surface area contributed by atoms with E-state index in [1.807, 2.05) is 0 Å². The number of hydrogen-bond acceptors (Lipinski definition) is 2. The number of hydrogen-bond donors (Lipinski definition) is 0. The van der Waals surface area contributed by atoms with Gasteiger partial charge in [-0.25, -0.2) is 0 Å². The van der Waals surface area contributed by atoms with Crippen LogP contribution in [0, 0.1) is 40.9 Å². The third kappa shape index (κ3) is 0.906. The van der Waals surface area contributed by atoms with E-state index in [-0.39, 0.29) is 11.4 Å². The van der Waals surface area contributed by atoms with Crippen molar-refractivity contribution in [1.82, 2.24) is 0 Å². The molecule has 0 radical (unpaired) electrons. The molecule has 18 heavy (non-hydrogen) atoms. The molecule has 4 fully saturated rings. The zero-order valence-electron chi connectivity index (χ0n) is 10.7. The molecule has 0 aromatic rings. The Kier molecular flexibility index (Phi) is 1.69. The molecule has 3 saturated carbocycles. The number of rotatable bonds is 1. The summed E-state index contributed by atoms with van der Waals surface area (Å²) in [5.74, 6) is 4.27. The molecule has 0 spiro atoms. The van der Waals surface area contributed by atoms with Crippen molar-refractivity contribution in [3.05, 3.63) is 12.2 Å². The number of cyclic esters (lactones) is 1. The monoisotopic (exact) mass is 244 g/mol. The van der Waals surface area contributed by atoms with Crippen molar-refractivity contribution in [1.29, 1.82) is 0 Å². The van der Waals surface area contributed by atoms with Gasteiger partial charge in [-0.3, -0.25) is 4.79 Å². The summed E-state index contributed by atoms with van der Waals surface area (Å²) >= 11 is 0. The van der Waals surface area contributed by atoms with Crippen molar-refractivity contribution in [2.75, 3.05) is 6.61 Å². The van der Waals surface area contributed by atoms with Crippen LogP contribution in [0.3, 0.4) is 0 Å². The van der Waals surface area contributed by atoms with Gasteiger partial charge in [0.05, 0.1) is 12.0 Å². The Morgan fingerprint density at radius 1 is 1.11 bits per heavy atom. The second kappa shape index (κ2) is 3.02. The number of carbonyl (C=O) groups is 1. The van der Waals surface area contributed by atoms with Gasteiger partial charge in [-0.1, -0.05) is 12.2 Å². The topological polar surface area (TPSA) is 26.3 Å². The fraction of sp³-hybridized carbons (Fsp3) is 0.812. The Labute approximate surface area is 108 Å². The highest BCUT2D eigenvalue weighted by Gasteiger charge is 2.71. The summed E-state index contributed by atoms with van der Waals surface area (Å²) in [6, 6.07) is 0. The highest BCUT2D eigenvalue weighted by Crippen LogP contribution is 2.69. The number of ether oxygens (including phenoxy) is 1. The average molecular weight is 244 g/mol. The molecule has 96 valence electrons. The Morgan fingerprint density at radius 2 is 2.06 bits per heavy atom. The smallest absolute Gasteiger partial charge is 0.313 e. The first-order valence-corrected chi connectivity index (χ1v) is 7.65. The molecule has 0 amide bonds. The van der Waals surface area contributed by atoms with Gasteiger partial charge in [0, 0.05) is 5.92 Å². The molecular weight excluding hydrogens is 224 g/mol. The van der Waals surface area contributed by atoms with Gasteiger partial charge in [0.1, 0.15) is 0 Å². The Balaban J connectivity index is 1.63. The first kappa shape index (κ1) is 10.1. The van der Waals surface area contributed by atoms with Gasteiger partial charge in [-0.15, -0.1) is 0 Å². The lowest BCUT2D eigenvalue weighted by Gasteiger charge is -2.42. The largest absolute Gasteiger partial charge is 0.465 e. The molecule has 0 aromatic carbocycles. The zero-order chi connectivity index (χ0) is 11.9. The van der Waals surface area contributed by atoms with Crippen LogP contribution in [0.5, 0.6) is 0 Å². The summed E-state index contributed by atoms with van der Waals surface area (Å²) in [4.78, 5) is 12.6. The molecule has 1 aliphatic heterocycles. The first-order valence-electron chi connectivity index (χ1n) is 7.65. The molecule has 4 bridgehead atoms. The molecule has 4 aliphatic carbocycles. The van der Waals surface area contributed by atoms with Crippen LogP contribution in [0.4, 0.5) is 0 Å². The highest BCUT2D eigenvalue weighted by atomic mass is 16.5. The summed E-state index contributed by atoms with van der Waals surface area (Å²) in [5, 5.41) is 0. The quantitative estimate of drug-likeness (QED) is 0.523. The van der Waals surface area contributed by atoms with Crippen molar-refractivity contribution in [2.45, 2.75) is 32.1 Å². The molecule has 7 atom stereocenters. The van der Waals surface area contributed by atoms with Crippen molar-refractivity contribution in [3.8, 4) is 0 Å². The summed E-state index contributed by atoms with van der Waals surface area (Å²) in [6.45, 7) is 0.734. The minimum Gasteiger partial charge on any atom is -0.465 e. The van der Waals surface area contributed by atoms with E-state index < -0.39 is 0 Å². The number of carbonyl (C=O) groups excluding carboxylic acids is 1. The molecule has 7 unspecified atom stereocenters. The maximum absolute atomic E-state index is 12.6. The zero-order valence-corrected chi connectivity index (χ0v) is 10.7. The molecule has 5 aliphatic rings. The third-order valence-electron chi connectivity index (χ3n) is 6.97. The minimum absolute atomic E-state index is 0.0485. The molecule has 2 nitrogen and oxygen atoms in total. The summed E-state index contributed by atoms with van der Waals surface area (Å²) < 4.78 is 5.56. The van der Waals surface area contributed by atoms with Crippen LogP contribution in [0.25, 0.3) is 0 Å². The van der Waals surface area contributed by atoms with Gasteiger partial charge in [0.25, 0.3) is 0 Å². The van der Waals surface area contributed by atoms with Crippen LogP contribution in [0.1, 0.15) is 32.1 Å². The SMILES string of the molecule is O=C1OCC2C3CCC(C3)C12C1CC2C=CC1C2. The van der Waals surface area contributed by atoms with Gasteiger partial charge >= 0.3 is 5.97 Å². The van der Waals surface area contributed by atoms with Gasteiger partial charge in [0.15, 0.2) is 0 Å². The average Bonchev–Trinajstić information content (AvgIpc) is 3.14. The van der Waals surface area contributed by atoms with E-state index in [1.54, 1.807) is 0 Å². The van der Waals surface area contributed by atoms with Gasteiger partial charge in [0.2, 0.25) is 0 Å². The minimum atomic E-state index is -0.0485. The fourth-order valence-electron chi connectivity index (χ4n) is 6.45. The maximum atomic E-state index is 12.6. The summed E-state index contributed by atoms with van der Waals surface area (Å²) in [7, 11) is 0. The van der Waals surface area contributed by atoms with Crippen LogP contribution >= 0.6 is 0 Å². The molecule has 1 heterocycles. The Hall–Kier alpha value is -0.790. The predicted molar refractivity (Wildman–Crippen MR) is 66.6 cm³/mol. The summed E-state index contributed by atoms with van der Waals surface area (Å²) in [5.41, 5.74) is -0.0485. The van der Waals surface area contributed by atoms with Crippen molar-refractivity contribution in [2.24, 2.45) is 40.9 Å². The molecule has 5 rings (SSSR count).